The monoisotopic (exact) mass is 314 g/mol. The molecule has 0 bridgehead atoms. The van der Waals surface area contributed by atoms with Gasteiger partial charge in [-0.05, 0) is 0 Å². The Balaban J connectivity index is 1.96. The molecule has 2 rings (SSSR count). The Hall–Kier alpha value is -1.16. The summed E-state index contributed by atoms with van der Waals surface area (Å²) in [6.07, 6.45) is -6.14. The molecule has 6 N–H and O–H groups in total. The average Bonchev–Trinajstić information content (AvgIpc) is 3.02. The second kappa shape index (κ2) is 7.21. The van der Waals surface area contributed by atoms with Crippen molar-refractivity contribution in [2.24, 2.45) is 5.10 Å². The molecule has 0 radical (unpaired) electrons. The fraction of sp³-hybridized carbons (Fsp3) is 0.462. The van der Waals surface area contributed by atoms with E-state index in [0.717, 1.165) is 5.56 Å². The van der Waals surface area contributed by atoms with E-state index >= 15 is 0 Å². The lowest BCUT2D eigenvalue weighted by Crippen LogP contribution is -2.51. The minimum atomic E-state index is -1.65. The Morgan fingerprint density at radius 2 is 1.76 bits per heavy atom. The maximum Gasteiger partial charge on any atom is 0.125 e. The first kappa shape index (κ1) is 16.2. The average molecular weight is 314 g/mol. The largest absolute Gasteiger partial charge is 0.394 e. The number of hydrogen-bond acceptors (Lipinski definition) is 8. The molecular weight excluding hydrogens is 296 g/mol. The van der Waals surface area contributed by atoms with Crippen LogP contribution in [0.5, 0.6) is 0 Å². The molecule has 0 aromatic heterocycles. The lowest BCUT2D eigenvalue weighted by Gasteiger charge is -2.28. The van der Waals surface area contributed by atoms with Crippen molar-refractivity contribution in [2.75, 3.05) is 6.61 Å². The van der Waals surface area contributed by atoms with Gasteiger partial charge in [-0.25, -0.2) is 0 Å². The van der Waals surface area contributed by atoms with Gasteiger partial charge in [0, 0.05) is 5.56 Å². The van der Waals surface area contributed by atoms with Gasteiger partial charge in [0.2, 0.25) is 0 Å². The van der Waals surface area contributed by atoms with Crippen LogP contribution in [0, 0.1) is 0 Å². The second-order valence-electron chi connectivity index (χ2n) is 4.67. The van der Waals surface area contributed by atoms with Gasteiger partial charge in [0.05, 0.1) is 6.61 Å². The van der Waals surface area contributed by atoms with E-state index in [0.29, 0.717) is 5.04 Å². The fourth-order valence-corrected chi connectivity index (χ4v) is 2.90. The van der Waals surface area contributed by atoms with Crippen molar-refractivity contribution in [3.8, 4) is 0 Å². The molecule has 1 aliphatic heterocycles. The van der Waals surface area contributed by atoms with Crippen molar-refractivity contribution >= 4 is 16.8 Å². The molecular formula is C13H18N2O5S. The zero-order valence-corrected chi connectivity index (χ0v) is 11.9. The highest BCUT2D eigenvalue weighted by molar-refractivity contribution is 8.15. The fourth-order valence-electron chi connectivity index (χ4n) is 1.87. The summed E-state index contributed by atoms with van der Waals surface area (Å²) in [5, 5.41) is 51.6. The molecule has 5 atom stereocenters. The Morgan fingerprint density at radius 3 is 2.38 bits per heavy atom. The molecule has 7 nitrogen and oxygen atoms in total. The van der Waals surface area contributed by atoms with Crippen LogP contribution in [0.1, 0.15) is 5.56 Å². The van der Waals surface area contributed by atoms with E-state index in [1.807, 2.05) is 30.3 Å². The smallest absolute Gasteiger partial charge is 0.125 e. The number of aliphatic hydroxyl groups is 5. The van der Waals surface area contributed by atoms with Gasteiger partial charge < -0.3 is 25.5 Å². The topological polar surface area (TPSA) is 126 Å². The summed E-state index contributed by atoms with van der Waals surface area (Å²) in [5.74, 6) is 0. The summed E-state index contributed by atoms with van der Waals surface area (Å²) >= 11 is 1.21. The third kappa shape index (κ3) is 3.73. The van der Waals surface area contributed by atoms with E-state index in [2.05, 4.69) is 10.5 Å². The number of nitrogens with zero attached hydrogens (tertiary/aromatic N) is 1. The molecule has 0 saturated carbocycles. The van der Waals surface area contributed by atoms with Crippen LogP contribution in [0.25, 0.3) is 0 Å². The van der Waals surface area contributed by atoms with Crippen molar-refractivity contribution in [3.63, 3.8) is 0 Å². The minimum absolute atomic E-state index is 0.657. The van der Waals surface area contributed by atoms with Crippen LogP contribution in [0.4, 0.5) is 0 Å². The van der Waals surface area contributed by atoms with Crippen LogP contribution < -0.4 is 5.43 Å². The van der Waals surface area contributed by atoms with Crippen molar-refractivity contribution < 1.29 is 25.5 Å². The van der Waals surface area contributed by atoms with Gasteiger partial charge >= 0.3 is 0 Å². The maximum atomic E-state index is 10.0. The van der Waals surface area contributed by atoms with Crippen LogP contribution in [0.2, 0.25) is 0 Å². The quantitative estimate of drug-likeness (QED) is 0.375. The molecule has 0 aliphatic carbocycles. The standard InChI is InChI=1S/C13H18N2O5S/c16-6-8(17)9(18)10(19)11(20)13-15-14-12(21-13)7-4-2-1-3-5-7/h1-5,8-11,13,15-20H,6H2/t8-,9-,10-,11+,13-/m0/s1. The number of hydrogen-bond donors (Lipinski definition) is 6. The summed E-state index contributed by atoms with van der Waals surface area (Å²) in [6, 6.07) is 9.32. The van der Waals surface area contributed by atoms with Gasteiger partial charge in [0.25, 0.3) is 0 Å². The first-order valence-electron chi connectivity index (χ1n) is 6.43. The van der Waals surface area contributed by atoms with Crippen molar-refractivity contribution in [1.29, 1.82) is 0 Å². The molecule has 21 heavy (non-hydrogen) atoms. The van der Waals surface area contributed by atoms with Crippen LogP contribution in [-0.2, 0) is 0 Å². The zero-order valence-electron chi connectivity index (χ0n) is 11.1. The number of aliphatic hydroxyl groups excluding tert-OH is 5. The van der Waals surface area contributed by atoms with E-state index in [1.54, 1.807) is 0 Å². The molecule has 0 spiro atoms. The van der Waals surface area contributed by atoms with Gasteiger partial charge in [0.15, 0.2) is 0 Å². The molecule has 0 unspecified atom stereocenters. The lowest BCUT2D eigenvalue weighted by molar-refractivity contribution is -0.116. The summed E-state index contributed by atoms with van der Waals surface area (Å²) in [7, 11) is 0. The van der Waals surface area contributed by atoms with E-state index in [1.165, 1.54) is 11.8 Å². The first-order chi connectivity index (χ1) is 10.0. The molecule has 0 amide bonds. The molecule has 1 heterocycles. The highest BCUT2D eigenvalue weighted by atomic mass is 32.2. The van der Waals surface area contributed by atoms with E-state index in [-0.39, 0.29) is 0 Å². The third-order valence-electron chi connectivity index (χ3n) is 3.14. The Kier molecular flexibility index (Phi) is 5.57. The maximum absolute atomic E-state index is 10.0. The summed E-state index contributed by atoms with van der Waals surface area (Å²) < 4.78 is 0. The van der Waals surface area contributed by atoms with Gasteiger partial charge in [0.1, 0.15) is 34.8 Å². The number of nitrogens with one attached hydrogen (secondary N) is 1. The van der Waals surface area contributed by atoms with Crippen LogP contribution in [0.3, 0.4) is 0 Å². The van der Waals surface area contributed by atoms with E-state index in [4.69, 9.17) is 5.11 Å². The highest BCUT2D eigenvalue weighted by Gasteiger charge is 2.37. The van der Waals surface area contributed by atoms with Crippen molar-refractivity contribution in [1.82, 2.24) is 5.43 Å². The van der Waals surface area contributed by atoms with Crippen molar-refractivity contribution in [2.45, 2.75) is 29.8 Å². The van der Waals surface area contributed by atoms with E-state index in [9.17, 15) is 20.4 Å². The number of rotatable bonds is 6. The predicted molar refractivity (Wildman–Crippen MR) is 78.6 cm³/mol. The normalized spacial score (nSPS) is 23.9. The van der Waals surface area contributed by atoms with Crippen molar-refractivity contribution in [3.05, 3.63) is 35.9 Å². The molecule has 1 aliphatic rings. The molecule has 8 heteroatoms. The van der Waals surface area contributed by atoms with Gasteiger partial charge in [-0.1, -0.05) is 42.1 Å². The number of thioether (sulfide) groups is 1. The molecule has 116 valence electrons. The lowest BCUT2D eigenvalue weighted by atomic mass is 10.0. The van der Waals surface area contributed by atoms with Gasteiger partial charge in [-0.2, -0.15) is 5.10 Å². The number of hydrazone groups is 1. The number of benzene rings is 1. The first-order valence-corrected chi connectivity index (χ1v) is 7.31. The minimum Gasteiger partial charge on any atom is -0.394 e. The van der Waals surface area contributed by atoms with Gasteiger partial charge in [-0.15, -0.1) is 0 Å². The SMILES string of the molecule is OC[C@H](O)[C@H](O)[C@H](O)[C@@H](O)[C@H]1NN=C(c2ccccc2)S1. The van der Waals surface area contributed by atoms with Gasteiger partial charge in [-0.3, -0.25) is 5.43 Å². The van der Waals surface area contributed by atoms with Crippen LogP contribution in [-0.4, -0.2) is 67.0 Å². The van der Waals surface area contributed by atoms with E-state index < -0.39 is 36.4 Å². The molecule has 0 saturated heterocycles. The zero-order chi connectivity index (χ0) is 15.4. The molecule has 1 aromatic rings. The predicted octanol–water partition coefficient (Wildman–Crippen LogP) is -1.55. The van der Waals surface area contributed by atoms with Crippen LogP contribution in [0.15, 0.2) is 35.4 Å². The summed E-state index contributed by atoms with van der Waals surface area (Å²) in [5.41, 5.74) is 3.55. The Labute approximate surface area is 125 Å². The Morgan fingerprint density at radius 1 is 1.10 bits per heavy atom. The summed E-state index contributed by atoms with van der Waals surface area (Å²) in [4.78, 5) is 0. The Bertz CT molecular complexity index is 487. The molecule has 0 fully saturated rings. The van der Waals surface area contributed by atoms with Crippen LogP contribution >= 0.6 is 11.8 Å². The summed E-state index contributed by atoms with van der Waals surface area (Å²) in [6.45, 7) is -0.706. The third-order valence-corrected chi connectivity index (χ3v) is 4.33. The second-order valence-corrected chi connectivity index (χ2v) is 5.80. The highest BCUT2D eigenvalue weighted by Crippen LogP contribution is 2.26. The molecule has 1 aromatic carbocycles.